The van der Waals surface area contributed by atoms with E-state index >= 15 is 0 Å². The van der Waals surface area contributed by atoms with Gasteiger partial charge in [0, 0.05) is 74.9 Å². The van der Waals surface area contributed by atoms with Gasteiger partial charge in [-0.15, -0.1) is 11.3 Å². The summed E-state index contributed by atoms with van der Waals surface area (Å²) in [5, 5.41) is 10.2. The molecule has 386 valence electrons. The van der Waals surface area contributed by atoms with Crippen molar-refractivity contribution >= 4 is 108 Å². The SMILES string of the molecule is C1=C(c2ccc3c(c2)c2ccccc2n3-c2ccc3sc4ccccc4c3c2)C=C(c2ccc3c(c2)c2ccccc2n3-c2ccc3c(c2)C2(c4ccccc4-c4ccccc42)c2ccccc2-3)CC1n1c2ccccc2c2ccccc21. The van der Waals surface area contributed by atoms with Crippen LogP contribution in [-0.2, 0) is 5.41 Å². The van der Waals surface area contributed by atoms with Crippen LogP contribution in [0.25, 0.3) is 130 Å². The van der Waals surface area contributed by atoms with Crippen molar-refractivity contribution in [2.45, 2.75) is 17.9 Å². The molecule has 0 aliphatic heterocycles. The molecule has 4 heteroatoms. The number of allylic oxidation sites excluding steroid dienone is 4. The molecule has 1 atom stereocenters. The minimum absolute atomic E-state index is 0.0461. The van der Waals surface area contributed by atoms with E-state index in [1.54, 1.807) is 0 Å². The van der Waals surface area contributed by atoms with E-state index in [1.807, 2.05) is 11.3 Å². The molecular weight excluding hydrogens is 1020 g/mol. The van der Waals surface area contributed by atoms with E-state index in [4.69, 9.17) is 0 Å². The predicted octanol–water partition coefficient (Wildman–Crippen LogP) is 20.8. The van der Waals surface area contributed by atoms with Crippen LogP contribution in [0.2, 0.25) is 0 Å². The van der Waals surface area contributed by atoms with Crippen LogP contribution < -0.4 is 0 Å². The first kappa shape index (κ1) is 45.5. The highest BCUT2D eigenvalue weighted by atomic mass is 32.1. The first-order valence-electron chi connectivity index (χ1n) is 29.0. The standard InChI is InChI=1S/C79H49N3S/c1-9-25-67-55(17-1)56-18-2-10-26-68(56)79(67)69-27-11-3-19-57(69)58-37-35-53(47-70(58)79)81-74-31-15-7-23-62(74)65-45-49(34-39-76(65)81)51-41-50(42-54(43-51)82-71-28-12-4-20-59(71)60-21-5-13-29-72(60)82)48-33-38-75-64(44-48)61-22-6-14-30-73(61)80(75)52-36-40-78-66(46-52)63-24-8-16-32-77(63)83-78/h1-42,44-47,54H,43H2. The van der Waals surface area contributed by atoms with Crippen molar-refractivity contribution in [2.75, 3.05) is 0 Å². The van der Waals surface area contributed by atoms with E-state index in [0.717, 1.165) is 6.42 Å². The molecule has 0 amide bonds. The molecule has 12 aromatic carbocycles. The lowest BCUT2D eigenvalue weighted by Crippen LogP contribution is -2.26. The molecule has 3 nitrogen and oxygen atoms in total. The van der Waals surface area contributed by atoms with Crippen LogP contribution >= 0.6 is 11.3 Å². The number of nitrogens with zero attached hydrogens (tertiary/aromatic N) is 3. The van der Waals surface area contributed by atoms with Crippen molar-refractivity contribution in [1.82, 2.24) is 13.7 Å². The second kappa shape index (κ2) is 16.9. The van der Waals surface area contributed by atoms with Crippen LogP contribution in [0.15, 0.2) is 279 Å². The quantitative estimate of drug-likeness (QED) is 0.163. The van der Waals surface area contributed by atoms with Crippen LogP contribution in [0, 0.1) is 0 Å². The smallest absolute Gasteiger partial charge is 0.0726 e. The topological polar surface area (TPSA) is 14.8 Å². The maximum absolute atomic E-state index is 2.61. The number of benzene rings is 12. The molecule has 4 aromatic heterocycles. The fourth-order valence-corrected chi connectivity index (χ4v) is 16.7. The zero-order valence-electron chi connectivity index (χ0n) is 45.1. The molecule has 0 radical (unpaired) electrons. The highest BCUT2D eigenvalue weighted by molar-refractivity contribution is 7.25. The maximum Gasteiger partial charge on any atom is 0.0726 e. The first-order valence-corrected chi connectivity index (χ1v) is 29.8. The molecule has 0 bridgehead atoms. The molecule has 1 unspecified atom stereocenters. The molecular formula is C79H49N3S. The summed E-state index contributed by atoms with van der Waals surface area (Å²) >= 11 is 1.87. The predicted molar refractivity (Wildman–Crippen MR) is 350 cm³/mol. The summed E-state index contributed by atoms with van der Waals surface area (Å²) in [6.07, 6.45) is 5.88. The molecule has 4 heterocycles. The van der Waals surface area contributed by atoms with Crippen molar-refractivity contribution < 1.29 is 0 Å². The van der Waals surface area contributed by atoms with Gasteiger partial charge in [-0.2, -0.15) is 0 Å². The summed E-state index contributed by atoms with van der Waals surface area (Å²) in [6, 6.07) is 101. The minimum atomic E-state index is -0.428. The molecule has 19 rings (SSSR count). The Bertz CT molecular complexity index is 5460. The third-order valence-electron chi connectivity index (χ3n) is 19.0. The summed E-state index contributed by atoms with van der Waals surface area (Å²) in [5.74, 6) is 0. The fourth-order valence-electron chi connectivity index (χ4n) is 15.6. The van der Waals surface area contributed by atoms with Gasteiger partial charge in [-0.05, 0) is 158 Å². The Balaban J connectivity index is 0.789. The number of hydrogen-bond donors (Lipinski definition) is 0. The van der Waals surface area contributed by atoms with Crippen LogP contribution in [0.5, 0.6) is 0 Å². The third-order valence-corrected chi connectivity index (χ3v) is 20.1. The second-order valence-electron chi connectivity index (χ2n) is 23.0. The summed E-state index contributed by atoms with van der Waals surface area (Å²) in [6.45, 7) is 0. The minimum Gasteiger partial charge on any atom is -0.333 e. The molecule has 83 heavy (non-hydrogen) atoms. The van der Waals surface area contributed by atoms with Crippen molar-refractivity contribution in [3.05, 3.63) is 312 Å². The number of fused-ring (bicyclic) bond motifs is 22. The van der Waals surface area contributed by atoms with Crippen molar-refractivity contribution in [3.8, 4) is 33.6 Å². The lowest BCUT2D eigenvalue weighted by atomic mass is 9.70. The molecule has 3 aliphatic carbocycles. The second-order valence-corrected chi connectivity index (χ2v) is 24.1. The van der Waals surface area contributed by atoms with Gasteiger partial charge < -0.3 is 13.7 Å². The number of rotatable bonds is 5. The summed E-state index contributed by atoms with van der Waals surface area (Å²) in [5.41, 5.74) is 24.9. The van der Waals surface area contributed by atoms with Gasteiger partial charge in [0.1, 0.15) is 0 Å². The number of hydrogen-bond acceptors (Lipinski definition) is 1. The first-order chi connectivity index (χ1) is 41.2. The van der Waals surface area contributed by atoms with E-state index in [0.29, 0.717) is 0 Å². The maximum atomic E-state index is 2.61. The van der Waals surface area contributed by atoms with Gasteiger partial charge in [-0.3, -0.25) is 0 Å². The van der Waals surface area contributed by atoms with E-state index in [9.17, 15) is 0 Å². The van der Waals surface area contributed by atoms with Gasteiger partial charge in [0.25, 0.3) is 0 Å². The molecule has 0 saturated carbocycles. The van der Waals surface area contributed by atoms with Crippen LogP contribution in [0.4, 0.5) is 0 Å². The molecule has 16 aromatic rings. The number of aromatic nitrogens is 3. The van der Waals surface area contributed by atoms with E-state index < -0.39 is 5.41 Å². The van der Waals surface area contributed by atoms with Gasteiger partial charge in [0.15, 0.2) is 0 Å². The Morgan fingerprint density at radius 2 is 0.771 bits per heavy atom. The van der Waals surface area contributed by atoms with Gasteiger partial charge in [-0.1, -0.05) is 194 Å². The van der Waals surface area contributed by atoms with Crippen molar-refractivity contribution in [1.29, 1.82) is 0 Å². The number of para-hydroxylation sites is 4. The van der Waals surface area contributed by atoms with Crippen molar-refractivity contribution in [3.63, 3.8) is 0 Å². The van der Waals surface area contributed by atoms with Crippen LogP contribution in [-0.4, -0.2) is 13.7 Å². The van der Waals surface area contributed by atoms with E-state index in [1.165, 1.54) is 164 Å². The number of thiophene rings is 1. The van der Waals surface area contributed by atoms with Crippen LogP contribution in [0.3, 0.4) is 0 Å². The lowest BCUT2D eigenvalue weighted by Gasteiger charge is -2.30. The summed E-state index contributed by atoms with van der Waals surface area (Å²) in [4.78, 5) is 0. The largest absolute Gasteiger partial charge is 0.333 e. The Labute approximate surface area is 482 Å². The summed E-state index contributed by atoms with van der Waals surface area (Å²) in [7, 11) is 0. The average molecular weight is 1070 g/mol. The molecule has 1 spiro atoms. The molecule has 0 fully saturated rings. The lowest BCUT2D eigenvalue weighted by molar-refractivity contribution is 0.658. The Morgan fingerprint density at radius 3 is 1.39 bits per heavy atom. The van der Waals surface area contributed by atoms with Gasteiger partial charge in [-0.25, -0.2) is 0 Å². The average Bonchev–Trinajstić information content (AvgIpc) is 1.72. The zero-order chi connectivity index (χ0) is 54.1. The Kier molecular flexibility index (Phi) is 9.26. The molecule has 0 N–H and O–H groups in total. The highest BCUT2D eigenvalue weighted by Gasteiger charge is 2.51. The van der Waals surface area contributed by atoms with Gasteiger partial charge in [0.05, 0.1) is 33.5 Å². The van der Waals surface area contributed by atoms with E-state index in [2.05, 4.69) is 293 Å². The van der Waals surface area contributed by atoms with E-state index in [-0.39, 0.29) is 6.04 Å². The Morgan fingerprint density at radius 1 is 0.325 bits per heavy atom. The third kappa shape index (κ3) is 6.17. The monoisotopic (exact) mass is 1070 g/mol. The fraction of sp³-hybridized carbons (Fsp3) is 0.0380. The molecule has 3 aliphatic rings. The van der Waals surface area contributed by atoms with Crippen molar-refractivity contribution in [2.24, 2.45) is 0 Å². The highest BCUT2D eigenvalue weighted by Crippen LogP contribution is 2.63. The normalized spacial score (nSPS) is 15.1. The zero-order valence-corrected chi connectivity index (χ0v) is 45.9. The summed E-state index contributed by atoms with van der Waals surface area (Å²) < 4.78 is 10.2. The Hall–Kier alpha value is -10.3. The molecule has 0 saturated heterocycles. The van der Waals surface area contributed by atoms with Gasteiger partial charge >= 0.3 is 0 Å². The van der Waals surface area contributed by atoms with Gasteiger partial charge in [0.2, 0.25) is 0 Å². The van der Waals surface area contributed by atoms with Crippen LogP contribution in [0.1, 0.15) is 45.8 Å².